The fraction of sp³-hybridized carbons (Fsp3) is 0.476. The summed E-state index contributed by atoms with van der Waals surface area (Å²) in [6.45, 7) is 3.66. The molecule has 2 aromatic heterocycles. The molecule has 0 bridgehead atoms. The van der Waals surface area contributed by atoms with E-state index in [1.807, 2.05) is 4.90 Å². The zero-order chi connectivity index (χ0) is 17.9. The Hall–Kier alpha value is -2.27. The van der Waals surface area contributed by atoms with Crippen LogP contribution in [0.25, 0.3) is 0 Å². The molecule has 1 aliphatic carbocycles. The molecule has 5 nitrogen and oxygen atoms in total. The molecule has 1 saturated heterocycles. The van der Waals surface area contributed by atoms with Gasteiger partial charge in [0.1, 0.15) is 0 Å². The fourth-order valence-electron chi connectivity index (χ4n) is 3.81. The number of piperidine rings is 1. The van der Waals surface area contributed by atoms with E-state index in [1.165, 1.54) is 18.5 Å². The van der Waals surface area contributed by atoms with Gasteiger partial charge < -0.3 is 10.2 Å². The lowest BCUT2D eigenvalue weighted by Crippen LogP contribution is -2.46. The smallest absolute Gasteiger partial charge is 0.253 e. The largest absolute Gasteiger partial charge is 0.339 e. The summed E-state index contributed by atoms with van der Waals surface area (Å²) < 4.78 is 0. The second-order valence-corrected chi connectivity index (χ2v) is 7.49. The fourth-order valence-corrected chi connectivity index (χ4v) is 3.81. The van der Waals surface area contributed by atoms with Gasteiger partial charge in [0, 0.05) is 42.8 Å². The topological polar surface area (TPSA) is 58.1 Å². The van der Waals surface area contributed by atoms with Crippen molar-refractivity contribution in [2.45, 2.75) is 44.7 Å². The minimum Gasteiger partial charge on any atom is -0.339 e. The second kappa shape index (κ2) is 7.54. The lowest BCUT2D eigenvalue weighted by Gasteiger charge is -2.34. The first-order valence-corrected chi connectivity index (χ1v) is 9.59. The molecular formula is C21H26N4O. The number of nitrogens with zero attached hydrogens (tertiary/aromatic N) is 3. The van der Waals surface area contributed by atoms with Gasteiger partial charge in [-0.2, -0.15) is 0 Å². The molecule has 0 unspecified atom stereocenters. The third-order valence-corrected chi connectivity index (χ3v) is 5.45. The van der Waals surface area contributed by atoms with Crippen LogP contribution in [0.5, 0.6) is 0 Å². The predicted molar refractivity (Wildman–Crippen MR) is 101 cm³/mol. The van der Waals surface area contributed by atoms with Gasteiger partial charge in [0.2, 0.25) is 0 Å². The Labute approximate surface area is 154 Å². The van der Waals surface area contributed by atoms with Crippen LogP contribution in [0.1, 0.15) is 53.5 Å². The monoisotopic (exact) mass is 350 g/mol. The third kappa shape index (κ3) is 3.93. The van der Waals surface area contributed by atoms with Crippen molar-refractivity contribution < 1.29 is 4.79 Å². The Morgan fingerprint density at radius 1 is 1.12 bits per heavy atom. The highest BCUT2D eigenvalue weighted by atomic mass is 16.2. The van der Waals surface area contributed by atoms with Crippen molar-refractivity contribution in [3.63, 3.8) is 0 Å². The molecule has 3 heterocycles. The van der Waals surface area contributed by atoms with Gasteiger partial charge in [-0.05, 0) is 62.8 Å². The molecule has 0 spiro atoms. The zero-order valence-electron chi connectivity index (χ0n) is 15.3. The number of carbonyl (C=O) groups is 1. The first-order chi connectivity index (χ1) is 12.7. The van der Waals surface area contributed by atoms with E-state index in [1.54, 1.807) is 24.5 Å². The van der Waals surface area contributed by atoms with Crippen LogP contribution in [0.3, 0.4) is 0 Å². The van der Waals surface area contributed by atoms with Crippen LogP contribution in [0.4, 0.5) is 0 Å². The first kappa shape index (κ1) is 17.2. The van der Waals surface area contributed by atoms with Gasteiger partial charge in [0.25, 0.3) is 5.91 Å². The average molecular weight is 350 g/mol. The Balaban J connectivity index is 1.36. The van der Waals surface area contributed by atoms with Crippen molar-refractivity contribution >= 4 is 5.91 Å². The summed E-state index contributed by atoms with van der Waals surface area (Å²) in [5.41, 5.74) is 2.97. The van der Waals surface area contributed by atoms with E-state index in [9.17, 15) is 4.79 Å². The summed E-state index contributed by atoms with van der Waals surface area (Å²) in [7, 11) is 0. The summed E-state index contributed by atoms with van der Waals surface area (Å²) in [5, 5.41) is 3.85. The lowest BCUT2D eigenvalue weighted by molar-refractivity contribution is 0.0700. The number of likely N-dealkylation sites (tertiary alicyclic amines) is 1. The molecule has 1 N–H and O–H groups in total. The maximum Gasteiger partial charge on any atom is 0.253 e. The molecule has 2 aliphatic rings. The number of hydrogen-bond donors (Lipinski definition) is 1. The van der Waals surface area contributed by atoms with E-state index in [0.29, 0.717) is 18.0 Å². The van der Waals surface area contributed by atoms with Gasteiger partial charge in [0.15, 0.2) is 0 Å². The maximum atomic E-state index is 12.6. The number of pyridine rings is 2. The zero-order valence-corrected chi connectivity index (χ0v) is 15.3. The SMILES string of the molecule is Cc1cccc([C@@H](NC2CCN(C(=O)c3ccncc3)CC2)C2CC2)n1. The highest BCUT2D eigenvalue weighted by Gasteiger charge is 2.35. The molecule has 0 radical (unpaired) electrons. The molecule has 0 aromatic carbocycles. The number of rotatable bonds is 5. The van der Waals surface area contributed by atoms with E-state index < -0.39 is 0 Å². The number of aryl methyl sites for hydroxylation is 1. The number of nitrogens with one attached hydrogen (secondary N) is 1. The summed E-state index contributed by atoms with van der Waals surface area (Å²) in [6, 6.07) is 10.7. The number of carbonyl (C=O) groups excluding carboxylic acids is 1. The summed E-state index contributed by atoms with van der Waals surface area (Å²) in [6.07, 6.45) is 7.91. The van der Waals surface area contributed by atoms with Crippen LogP contribution < -0.4 is 5.32 Å². The Morgan fingerprint density at radius 3 is 2.50 bits per heavy atom. The van der Waals surface area contributed by atoms with Gasteiger partial charge in [-0.3, -0.25) is 14.8 Å². The Bertz CT molecular complexity index is 752. The number of amides is 1. The van der Waals surface area contributed by atoms with Crippen LogP contribution in [0.2, 0.25) is 0 Å². The van der Waals surface area contributed by atoms with E-state index >= 15 is 0 Å². The second-order valence-electron chi connectivity index (χ2n) is 7.49. The molecule has 1 aliphatic heterocycles. The van der Waals surface area contributed by atoms with Crippen LogP contribution in [-0.2, 0) is 0 Å². The molecule has 5 heteroatoms. The molecule has 1 amide bonds. The molecule has 136 valence electrons. The van der Waals surface area contributed by atoms with Gasteiger partial charge >= 0.3 is 0 Å². The summed E-state index contributed by atoms with van der Waals surface area (Å²) >= 11 is 0. The molecule has 1 atom stereocenters. The van der Waals surface area contributed by atoms with Crippen molar-refractivity contribution in [3.8, 4) is 0 Å². The van der Waals surface area contributed by atoms with Crippen molar-refractivity contribution in [1.29, 1.82) is 0 Å². The van der Waals surface area contributed by atoms with Crippen molar-refractivity contribution in [3.05, 3.63) is 59.7 Å². The number of aromatic nitrogens is 2. The van der Waals surface area contributed by atoms with Gasteiger partial charge in [0.05, 0.1) is 11.7 Å². The Morgan fingerprint density at radius 2 is 1.85 bits per heavy atom. The van der Waals surface area contributed by atoms with Crippen LogP contribution in [-0.4, -0.2) is 39.9 Å². The summed E-state index contributed by atoms with van der Waals surface area (Å²) in [4.78, 5) is 23.3. The third-order valence-electron chi connectivity index (χ3n) is 5.45. The highest BCUT2D eigenvalue weighted by Crippen LogP contribution is 2.41. The van der Waals surface area contributed by atoms with E-state index in [0.717, 1.165) is 37.2 Å². The molecule has 1 saturated carbocycles. The first-order valence-electron chi connectivity index (χ1n) is 9.59. The molecule has 26 heavy (non-hydrogen) atoms. The average Bonchev–Trinajstić information content (AvgIpc) is 3.52. The van der Waals surface area contributed by atoms with Crippen molar-refractivity contribution in [2.75, 3.05) is 13.1 Å². The normalized spacial score (nSPS) is 19.3. The minimum atomic E-state index is 0.116. The van der Waals surface area contributed by atoms with Crippen molar-refractivity contribution in [1.82, 2.24) is 20.2 Å². The molecular weight excluding hydrogens is 324 g/mol. The van der Waals surface area contributed by atoms with Crippen molar-refractivity contribution in [2.24, 2.45) is 5.92 Å². The summed E-state index contributed by atoms with van der Waals surface area (Å²) in [5.74, 6) is 0.825. The quantitative estimate of drug-likeness (QED) is 0.900. The van der Waals surface area contributed by atoms with E-state index in [4.69, 9.17) is 4.98 Å². The maximum absolute atomic E-state index is 12.6. The lowest BCUT2D eigenvalue weighted by atomic mass is 10.00. The number of hydrogen-bond acceptors (Lipinski definition) is 4. The highest BCUT2D eigenvalue weighted by molar-refractivity contribution is 5.94. The predicted octanol–water partition coefficient (Wildman–Crippen LogP) is 3.13. The standard InChI is InChI=1S/C21H26N4O/c1-15-3-2-4-19(23-15)20(16-5-6-16)24-18-9-13-25(14-10-18)21(26)17-7-11-22-12-8-17/h2-4,7-8,11-12,16,18,20,24H,5-6,9-10,13-14H2,1H3/t20-/m0/s1. The van der Waals surface area contributed by atoms with E-state index in [-0.39, 0.29) is 5.91 Å². The molecule has 2 fully saturated rings. The van der Waals surface area contributed by atoms with Gasteiger partial charge in [-0.1, -0.05) is 6.07 Å². The van der Waals surface area contributed by atoms with E-state index in [2.05, 4.69) is 35.4 Å². The van der Waals surface area contributed by atoms with Crippen LogP contribution in [0.15, 0.2) is 42.7 Å². The van der Waals surface area contributed by atoms with Gasteiger partial charge in [-0.25, -0.2) is 0 Å². The molecule has 2 aromatic rings. The molecule has 4 rings (SSSR count). The van der Waals surface area contributed by atoms with Gasteiger partial charge in [-0.15, -0.1) is 0 Å². The Kier molecular flexibility index (Phi) is 4.98. The van der Waals surface area contributed by atoms with Crippen LogP contribution >= 0.6 is 0 Å². The minimum absolute atomic E-state index is 0.116. The van der Waals surface area contributed by atoms with Crippen LogP contribution in [0, 0.1) is 12.8 Å².